The summed E-state index contributed by atoms with van der Waals surface area (Å²) in [6, 6.07) is 9.65. The van der Waals surface area contributed by atoms with E-state index in [1.165, 1.54) is 16.6 Å². The van der Waals surface area contributed by atoms with Crippen molar-refractivity contribution in [2.75, 3.05) is 25.4 Å². The van der Waals surface area contributed by atoms with Crippen molar-refractivity contribution in [2.45, 2.75) is 13.0 Å². The van der Waals surface area contributed by atoms with Crippen LogP contribution in [0.4, 0.5) is 5.82 Å². The third-order valence-electron chi connectivity index (χ3n) is 5.23. The van der Waals surface area contributed by atoms with Crippen LogP contribution >= 0.6 is 0 Å². The standard InChI is InChI=1S/C17H21N5O/c18-10-17-7-13(17)9-21(11-17)8-12-1-3-14(4-2-12)22-6-5-15(19)20-16(22)23/h1-6,13H,7-11,18H2,(H2,19,20,23). The Kier molecular flexibility index (Phi) is 3.25. The Morgan fingerprint density at radius 3 is 2.70 bits per heavy atom. The molecule has 2 heterocycles. The van der Waals surface area contributed by atoms with Crippen molar-refractivity contribution in [3.8, 4) is 5.69 Å². The SMILES string of the molecule is NCC12CC1CN(Cc1ccc(-n3ccc(N)nc3=O)cc1)C2. The highest BCUT2D eigenvalue weighted by Crippen LogP contribution is 2.57. The molecule has 4 rings (SSSR count). The highest BCUT2D eigenvalue weighted by molar-refractivity contribution is 5.36. The molecule has 1 aromatic heterocycles. The predicted molar refractivity (Wildman–Crippen MR) is 89.1 cm³/mol. The Hall–Kier alpha value is -2.18. The lowest BCUT2D eigenvalue weighted by atomic mass is 10.1. The van der Waals surface area contributed by atoms with Gasteiger partial charge in [0.05, 0.1) is 5.69 Å². The van der Waals surface area contributed by atoms with Gasteiger partial charge in [-0.3, -0.25) is 9.47 Å². The zero-order chi connectivity index (χ0) is 16.0. The van der Waals surface area contributed by atoms with Crippen LogP contribution in [0.3, 0.4) is 0 Å². The Morgan fingerprint density at radius 2 is 2.04 bits per heavy atom. The summed E-state index contributed by atoms with van der Waals surface area (Å²) in [5.41, 5.74) is 13.5. The Morgan fingerprint density at radius 1 is 1.26 bits per heavy atom. The average Bonchev–Trinajstić information content (AvgIpc) is 3.10. The molecule has 23 heavy (non-hydrogen) atoms. The minimum Gasteiger partial charge on any atom is -0.383 e. The maximum Gasteiger partial charge on any atom is 0.354 e. The number of anilines is 1. The van der Waals surface area contributed by atoms with Crippen molar-refractivity contribution in [1.82, 2.24) is 14.5 Å². The fourth-order valence-electron chi connectivity index (χ4n) is 3.77. The number of hydrogen-bond acceptors (Lipinski definition) is 5. The van der Waals surface area contributed by atoms with Crippen molar-refractivity contribution < 1.29 is 0 Å². The molecule has 1 aromatic carbocycles. The van der Waals surface area contributed by atoms with Crippen LogP contribution in [-0.4, -0.2) is 34.1 Å². The molecule has 1 aliphatic carbocycles. The van der Waals surface area contributed by atoms with Crippen LogP contribution in [0, 0.1) is 11.3 Å². The molecule has 2 unspecified atom stereocenters. The van der Waals surface area contributed by atoms with Gasteiger partial charge in [0.1, 0.15) is 5.82 Å². The van der Waals surface area contributed by atoms with Crippen LogP contribution in [-0.2, 0) is 6.54 Å². The number of aromatic nitrogens is 2. The maximum absolute atomic E-state index is 11.9. The lowest BCUT2D eigenvalue weighted by Crippen LogP contribution is -2.28. The summed E-state index contributed by atoms with van der Waals surface area (Å²) in [6.45, 7) is 4.01. The van der Waals surface area contributed by atoms with Gasteiger partial charge in [0.15, 0.2) is 0 Å². The van der Waals surface area contributed by atoms with Gasteiger partial charge in [-0.25, -0.2) is 4.79 Å². The molecule has 1 saturated carbocycles. The molecule has 120 valence electrons. The van der Waals surface area contributed by atoms with E-state index in [1.54, 1.807) is 12.3 Å². The van der Waals surface area contributed by atoms with E-state index < -0.39 is 0 Å². The van der Waals surface area contributed by atoms with E-state index in [4.69, 9.17) is 11.5 Å². The predicted octanol–water partition coefficient (Wildman–Crippen LogP) is 0.595. The molecule has 2 aromatic rings. The van der Waals surface area contributed by atoms with E-state index in [-0.39, 0.29) is 11.5 Å². The summed E-state index contributed by atoms with van der Waals surface area (Å²) in [6.07, 6.45) is 2.95. The van der Waals surface area contributed by atoms with E-state index in [0.29, 0.717) is 5.41 Å². The number of nitrogens with two attached hydrogens (primary N) is 2. The quantitative estimate of drug-likeness (QED) is 0.863. The molecule has 2 atom stereocenters. The normalized spacial score (nSPS) is 26.2. The minimum absolute atomic E-state index is 0.240. The van der Waals surface area contributed by atoms with Gasteiger partial charge in [0.2, 0.25) is 0 Å². The summed E-state index contributed by atoms with van der Waals surface area (Å²) in [5.74, 6) is 1.04. The largest absolute Gasteiger partial charge is 0.383 e. The zero-order valence-corrected chi connectivity index (χ0v) is 13.0. The van der Waals surface area contributed by atoms with Crippen molar-refractivity contribution in [1.29, 1.82) is 0 Å². The van der Waals surface area contributed by atoms with E-state index in [1.807, 2.05) is 12.1 Å². The molecule has 4 N–H and O–H groups in total. The molecule has 0 spiro atoms. The maximum atomic E-state index is 11.9. The van der Waals surface area contributed by atoms with Gasteiger partial charge in [-0.2, -0.15) is 4.98 Å². The number of piperidine rings is 1. The van der Waals surface area contributed by atoms with Crippen molar-refractivity contribution in [3.63, 3.8) is 0 Å². The van der Waals surface area contributed by atoms with Crippen LogP contribution in [0.1, 0.15) is 12.0 Å². The molecule has 0 bridgehead atoms. The first-order valence-corrected chi connectivity index (χ1v) is 7.97. The highest BCUT2D eigenvalue weighted by atomic mass is 16.1. The molecule has 0 amide bonds. The molecule has 2 fully saturated rings. The van der Waals surface area contributed by atoms with Crippen molar-refractivity contribution in [3.05, 3.63) is 52.6 Å². The topological polar surface area (TPSA) is 90.2 Å². The first-order valence-electron chi connectivity index (χ1n) is 7.97. The van der Waals surface area contributed by atoms with E-state index in [0.717, 1.165) is 37.8 Å². The van der Waals surface area contributed by atoms with Crippen LogP contribution < -0.4 is 17.2 Å². The fraction of sp³-hybridized carbons (Fsp3) is 0.412. The summed E-state index contributed by atoms with van der Waals surface area (Å²) in [7, 11) is 0. The van der Waals surface area contributed by atoms with Crippen LogP contribution in [0.2, 0.25) is 0 Å². The molecule has 2 aliphatic rings. The summed E-state index contributed by atoms with van der Waals surface area (Å²) >= 11 is 0. The lowest BCUT2D eigenvalue weighted by Gasteiger charge is -2.20. The second-order valence-electron chi connectivity index (χ2n) is 6.81. The number of rotatable bonds is 4. The van der Waals surface area contributed by atoms with Gasteiger partial charge in [0.25, 0.3) is 0 Å². The van der Waals surface area contributed by atoms with Gasteiger partial charge >= 0.3 is 5.69 Å². The number of fused-ring (bicyclic) bond motifs is 1. The Labute approximate surface area is 134 Å². The van der Waals surface area contributed by atoms with Gasteiger partial charge in [-0.1, -0.05) is 12.1 Å². The summed E-state index contributed by atoms with van der Waals surface area (Å²) < 4.78 is 1.49. The van der Waals surface area contributed by atoms with Crippen molar-refractivity contribution in [2.24, 2.45) is 17.1 Å². The Balaban J connectivity index is 1.47. The molecular formula is C17H21N5O. The molecule has 6 nitrogen and oxygen atoms in total. The second kappa shape index (κ2) is 5.18. The third-order valence-corrected chi connectivity index (χ3v) is 5.23. The van der Waals surface area contributed by atoms with E-state index >= 15 is 0 Å². The molecule has 1 saturated heterocycles. The first-order chi connectivity index (χ1) is 11.1. The highest BCUT2D eigenvalue weighted by Gasteiger charge is 2.58. The third kappa shape index (κ3) is 2.54. The fourth-order valence-corrected chi connectivity index (χ4v) is 3.77. The summed E-state index contributed by atoms with van der Waals surface area (Å²) in [4.78, 5) is 18.1. The first kappa shape index (κ1) is 14.4. The molecular weight excluding hydrogens is 290 g/mol. The van der Waals surface area contributed by atoms with E-state index in [2.05, 4.69) is 22.0 Å². The molecule has 1 aliphatic heterocycles. The van der Waals surface area contributed by atoms with Gasteiger partial charge in [-0.15, -0.1) is 0 Å². The van der Waals surface area contributed by atoms with Crippen LogP contribution in [0.15, 0.2) is 41.3 Å². The molecule has 6 heteroatoms. The van der Waals surface area contributed by atoms with Crippen LogP contribution in [0.25, 0.3) is 5.69 Å². The van der Waals surface area contributed by atoms with Crippen LogP contribution in [0.5, 0.6) is 0 Å². The van der Waals surface area contributed by atoms with Crippen molar-refractivity contribution >= 4 is 5.82 Å². The zero-order valence-electron chi connectivity index (χ0n) is 13.0. The monoisotopic (exact) mass is 311 g/mol. The van der Waals surface area contributed by atoms with Gasteiger partial charge in [-0.05, 0) is 48.1 Å². The second-order valence-corrected chi connectivity index (χ2v) is 6.81. The number of benzene rings is 1. The van der Waals surface area contributed by atoms with E-state index in [9.17, 15) is 4.79 Å². The number of nitrogens with zero attached hydrogens (tertiary/aromatic N) is 3. The number of hydrogen-bond donors (Lipinski definition) is 2. The number of nitrogen functional groups attached to an aromatic ring is 1. The minimum atomic E-state index is -0.359. The Bertz CT molecular complexity index is 780. The molecule has 0 radical (unpaired) electrons. The average molecular weight is 311 g/mol. The van der Waals surface area contributed by atoms with Gasteiger partial charge in [0, 0.05) is 25.8 Å². The smallest absolute Gasteiger partial charge is 0.354 e. The summed E-state index contributed by atoms with van der Waals surface area (Å²) in [5, 5.41) is 0. The number of likely N-dealkylation sites (tertiary alicyclic amines) is 1. The van der Waals surface area contributed by atoms with Gasteiger partial charge < -0.3 is 11.5 Å². The lowest BCUT2D eigenvalue weighted by molar-refractivity contribution is 0.274.